The molecule has 0 unspecified atom stereocenters. The Morgan fingerprint density at radius 3 is 2.70 bits per heavy atom. The van der Waals surface area contributed by atoms with Gasteiger partial charge in [-0.05, 0) is 31.0 Å². The zero-order valence-corrected chi connectivity index (χ0v) is 14.9. The highest BCUT2D eigenvalue weighted by Crippen LogP contribution is 2.30. The molecule has 0 aromatic heterocycles. The van der Waals surface area contributed by atoms with Gasteiger partial charge in [-0.15, -0.1) is 0 Å². The molecule has 0 bridgehead atoms. The number of likely N-dealkylation sites (tertiary alicyclic amines) is 1. The number of sulfonamides is 1. The number of amides is 1. The molecule has 23 heavy (non-hydrogen) atoms. The number of carboxylic acid groups (broad SMARTS) is 1. The van der Waals surface area contributed by atoms with Crippen LogP contribution < -0.4 is 0 Å². The van der Waals surface area contributed by atoms with E-state index in [0.717, 1.165) is 0 Å². The van der Waals surface area contributed by atoms with Crippen molar-refractivity contribution in [3.63, 3.8) is 0 Å². The van der Waals surface area contributed by atoms with Crippen molar-refractivity contribution >= 4 is 39.3 Å². The Morgan fingerprint density at radius 1 is 1.43 bits per heavy atom. The zero-order valence-electron chi connectivity index (χ0n) is 12.6. The third-order valence-electron chi connectivity index (χ3n) is 3.77. The van der Waals surface area contributed by atoms with Gasteiger partial charge in [-0.3, -0.25) is 0 Å². The van der Waals surface area contributed by atoms with Gasteiger partial charge in [-0.1, -0.05) is 30.1 Å². The number of nitrogens with zero attached hydrogens (tertiary/aromatic N) is 2. The minimum atomic E-state index is -3.85. The van der Waals surface area contributed by atoms with Crippen LogP contribution in [0, 0.1) is 0 Å². The summed E-state index contributed by atoms with van der Waals surface area (Å²) in [7, 11) is -3.85. The fourth-order valence-electron chi connectivity index (χ4n) is 2.67. The molecule has 1 aromatic carbocycles. The number of halogens is 2. The fraction of sp³-hybridized carbons (Fsp3) is 0.500. The zero-order chi connectivity index (χ0) is 17.2. The summed E-state index contributed by atoms with van der Waals surface area (Å²) in [4.78, 5) is 12.2. The van der Waals surface area contributed by atoms with E-state index in [2.05, 4.69) is 0 Å². The van der Waals surface area contributed by atoms with Crippen LogP contribution in [0.5, 0.6) is 0 Å². The average molecular weight is 381 g/mol. The first kappa shape index (κ1) is 18.3. The van der Waals surface area contributed by atoms with Gasteiger partial charge in [0.15, 0.2) is 0 Å². The first-order valence-corrected chi connectivity index (χ1v) is 9.41. The SMILES string of the molecule is CCCN([C@@H]1CCN(C(=O)O)C1)S(=O)(=O)c1cc(Cl)ccc1Cl. The molecular formula is C14H18Cl2N2O4S. The Balaban J connectivity index is 2.36. The van der Waals surface area contributed by atoms with Crippen LogP contribution in [0.3, 0.4) is 0 Å². The topological polar surface area (TPSA) is 77.9 Å². The van der Waals surface area contributed by atoms with Gasteiger partial charge in [0.1, 0.15) is 4.90 Å². The molecule has 2 rings (SSSR count). The molecule has 0 spiro atoms. The molecule has 9 heteroatoms. The molecule has 6 nitrogen and oxygen atoms in total. The highest BCUT2D eigenvalue weighted by molar-refractivity contribution is 7.89. The quantitative estimate of drug-likeness (QED) is 0.850. The second-order valence-corrected chi connectivity index (χ2v) is 8.06. The highest BCUT2D eigenvalue weighted by atomic mass is 35.5. The van der Waals surface area contributed by atoms with E-state index in [1.54, 1.807) is 0 Å². The summed E-state index contributed by atoms with van der Waals surface area (Å²) in [6.45, 7) is 2.64. The molecule has 1 amide bonds. The van der Waals surface area contributed by atoms with Crippen LogP contribution >= 0.6 is 23.2 Å². The minimum Gasteiger partial charge on any atom is -0.465 e. The third kappa shape index (κ3) is 3.91. The van der Waals surface area contributed by atoms with Crippen molar-refractivity contribution in [1.29, 1.82) is 0 Å². The van der Waals surface area contributed by atoms with Crippen LogP contribution in [-0.2, 0) is 10.0 Å². The van der Waals surface area contributed by atoms with Gasteiger partial charge in [-0.2, -0.15) is 4.31 Å². The molecule has 1 N–H and O–H groups in total. The average Bonchev–Trinajstić information content (AvgIpc) is 2.96. The maximum Gasteiger partial charge on any atom is 0.407 e. The molecule has 0 radical (unpaired) electrons. The summed E-state index contributed by atoms with van der Waals surface area (Å²) in [6.07, 6.45) is 0.0344. The number of rotatable bonds is 5. The van der Waals surface area contributed by atoms with Gasteiger partial charge in [0.25, 0.3) is 0 Å². The Hall–Kier alpha value is -1.02. The van der Waals surface area contributed by atoms with Crippen molar-refractivity contribution in [2.75, 3.05) is 19.6 Å². The van der Waals surface area contributed by atoms with Crippen molar-refractivity contribution in [3.05, 3.63) is 28.2 Å². The third-order valence-corrected chi connectivity index (χ3v) is 6.43. The molecule has 1 aliphatic heterocycles. The molecule has 128 valence electrons. The van der Waals surface area contributed by atoms with E-state index in [4.69, 9.17) is 28.3 Å². The van der Waals surface area contributed by atoms with Gasteiger partial charge in [0, 0.05) is 30.7 Å². The molecule has 0 saturated carbocycles. The van der Waals surface area contributed by atoms with Crippen LogP contribution in [0.2, 0.25) is 10.0 Å². The molecule has 1 atom stereocenters. The summed E-state index contributed by atoms with van der Waals surface area (Å²) in [5.41, 5.74) is 0. The summed E-state index contributed by atoms with van der Waals surface area (Å²) in [6, 6.07) is 3.89. The molecule has 1 heterocycles. The second-order valence-electron chi connectivity index (χ2n) is 5.36. The van der Waals surface area contributed by atoms with Crippen LogP contribution in [0.25, 0.3) is 0 Å². The molecular weight excluding hydrogens is 363 g/mol. The van der Waals surface area contributed by atoms with Gasteiger partial charge in [0.2, 0.25) is 10.0 Å². The lowest BCUT2D eigenvalue weighted by atomic mass is 10.2. The smallest absolute Gasteiger partial charge is 0.407 e. The van der Waals surface area contributed by atoms with Gasteiger partial charge in [-0.25, -0.2) is 13.2 Å². The van der Waals surface area contributed by atoms with E-state index in [-0.39, 0.29) is 21.5 Å². The van der Waals surface area contributed by atoms with Gasteiger partial charge >= 0.3 is 6.09 Å². The molecule has 0 aliphatic carbocycles. The standard InChI is InChI=1S/C14H18Cl2N2O4S/c1-2-6-18(11-5-7-17(9-11)14(19)20)23(21,22)13-8-10(15)3-4-12(13)16/h3-4,8,11H,2,5-7,9H2,1H3,(H,19,20)/t11-/m1/s1. The van der Waals surface area contributed by atoms with E-state index in [9.17, 15) is 13.2 Å². The lowest BCUT2D eigenvalue weighted by Crippen LogP contribution is -2.43. The summed E-state index contributed by atoms with van der Waals surface area (Å²) in [5, 5.41) is 9.44. The van der Waals surface area contributed by atoms with E-state index in [1.165, 1.54) is 27.4 Å². The lowest BCUT2D eigenvalue weighted by molar-refractivity contribution is 0.153. The number of hydrogen-bond donors (Lipinski definition) is 1. The number of carbonyl (C=O) groups is 1. The van der Waals surface area contributed by atoms with Crippen molar-refractivity contribution in [2.45, 2.75) is 30.7 Å². The van der Waals surface area contributed by atoms with Crippen LogP contribution in [0.4, 0.5) is 4.79 Å². The predicted molar refractivity (Wildman–Crippen MR) is 88.6 cm³/mol. The molecule has 1 aromatic rings. The van der Waals surface area contributed by atoms with E-state index < -0.39 is 22.2 Å². The minimum absolute atomic E-state index is 0.0473. The van der Waals surface area contributed by atoms with Crippen LogP contribution in [0.1, 0.15) is 19.8 Å². The molecule has 1 fully saturated rings. The van der Waals surface area contributed by atoms with E-state index in [0.29, 0.717) is 25.9 Å². The normalized spacial score (nSPS) is 18.6. The monoisotopic (exact) mass is 380 g/mol. The first-order chi connectivity index (χ1) is 10.8. The molecule has 1 aliphatic rings. The van der Waals surface area contributed by atoms with Crippen LogP contribution in [0.15, 0.2) is 23.1 Å². The first-order valence-electron chi connectivity index (χ1n) is 7.22. The number of hydrogen-bond acceptors (Lipinski definition) is 3. The number of benzene rings is 1. The summed E-state index contributed by atoms with van der Waals surface area (Å²) < 4.78 is 27.3. The summed E-state index contributed by atoms with van der Waals surface area (Å²) >= 11 is 11.9. The molecule has 1 saturated heterocycles. The highest BCUT2D eigenvalue weighted by Gasteiger charge is 2.37. The van der Waals surface area contributed by atoms with E-state index >= 15 is 0 Å². The van der Waals surface area contributed by atoms with Crippen molar-refractivity contribution in [2.24, 2.45) is 0 Å². The second kappa shape index (κ2) is 7.25. The Kier molecular flexibility index (Phi) is 5.78. The van der Waals surface area contributed by atoms with Gasteiger partial charge < -0.3 is 10.0 Å². The van der Waals surface area contributed by atoms with Gasteiger partial charge in [0.05, 0.1) is 5.02 Å². The lowest BCUT2D eigenvalue weighted by Gasteiger charge is -2.28. The van der Waals surface area contributed by atoms with Crippen molar-refractivity contribution in [3.8, 4) is 0 Å². The van der Waals surface area contributed by atoms with E-state index in [1.807, 2.05) is 6.92 Å². The Labute approximate surface area is 145 Å². The fourth-order valence-corrected chi connectivity index (χ4v) is 5.15. The van der Waals surface area contributed by atoms with Crippen molar-refractivity contribution in [1.82, 2.24) is 9.21 Å². The van der Waals surface area contributed by atoms with Crippen LogP contribution in [-0.4, -0.2) is 54.5 Å². The maximum atomic E-state index is 13.0. The predicted octanol–water partition coefficient (Wildman–Crippen LogP) is 3.15. The summed E-state index contributed by atoms with van der Waals surface area (Å²) in [5.74, 6) is 0. The van der Waals surface area contributed by atoms with Crippen molar-refractivity contribution < 1.29 is 18.3 Å². The largest absolute Gasteiger partial charge is 0.465 e. The Bertz CT molecular complexity index is 696. The maximum absolute atomic E-state index is 13.0. The Morgan fingerprint density at radius 2 is 2.13 bits per heavy atom.